The van der Waals surface area contributed by atoms with E-state index in [4.69, 9.17) is 10.5 Å². The molecule has 1 saturated heterocycles. The Hall–Kier alpha value is -1.07. The summed E-state index contributed by atoms with van der Waals surface area (Å²) in [7, 11) is -1.33. The molecule has 94 valence electrons. The van der Waals surface area contributed by atoms with E-state index < -0.39 is 9.84 Å². The van der Waals surface area contributed by atoms with E-state index in [1.807, 2.05) is 24.3 Å². The monoisotopic (exact) mass is 255 g/mol. The fourth-order valence-electron chi connectivity index (χ4n) is 2.30. The van der Waals surface area contributed by atoms with E-state index in [-0.39, 0.29) is 23.5 Å². The summed E-state index contributed by atoms with van der Waals surface area (Å²) in [5, 5.41) is 0. The highest BCUT2D eigenvalue weighted by Crippen LogP contribution is 2.30. The van der Waals surface area contributed by atoms with Crippen LogP contribution in [-0.4, -0.2) is 33.1 Å². The fourth-order valence-corrected chi connectivity index (χ4v) is 3.90. The topological polar surface area (TPSA) is 69.4 Å². The van der Waals surface area contributed by atoms with Crippen molar-refractivity contribution in [3.05, 3.63) is 29.8 Å². The molecule has 2 N–H and O–H groups in total. The third-order valence-corrected chi connectivity index (χ3v) is 4.98. The van der Waals surface area contributed by atoms with Gasteiger partial charge < -0.3 is 10.5 Å². The molecular formula is C12H17NO3S. The van der Waals surface area contributed by atoms with Gasteiger partial charge in [-0.15, -0.1) is 0 Å². The first-order valence-electron chi connectivity index (χ1n) is 5.62. The first kappa shape index (κ1) is 12.4. The van der Waals surface area contributed by atoms with Gasteiger partial charge in [-0.05, 0) is 24.1 Å². The molecule has 0 radical (unpaired) electrons. The molecule has 5 heteroatoms. The fraction of sp³-hybridized carbons (Fsp3) is 0.500. The van der Waals surface area contributed by atoms with Gasteiger partial charge in [0.2, 0.25) is 0 Å². The Labute approximate surface area is 102 Å². The number of hydrogen-bond acceptors (Lipinski definition) is 4. The molecular weight excluding hydrogens is 238 g/mol. The van der Waals surface area contributed by atoms with Gasteiger partial charge in [-0.25, -0.2) is 8.42 Å². The maximum Gasteiger partial charge on any atom is 0.151 e. The van der Waals surface area contributed by atoms with Gasteiger partial charge in [0.25, 0.3) is 0 Å². The molecule has 0 bridgehead atoms. The van der Waals surface area contributed by atoms with E-state index in [0.717, 1.165) is 11.3 Å². The Morgan fingerprint density at radius 3 is 2.82 bits per heavy atom. The van der Waals surface area contributed by atoms with Gasteiger partial charge >= 0.3 is 0 Å². The molecule has 2 unspecified atom stereocenters. The first-order chi connectivity index (χ1) is 8.02. The lowest BCUT2D eigenvalue weighted by Crippen LogP contribution is -2.41. The number of benzene rings is 1. The van der Waals surface area contributed by atoms with Crippen LogP contribution in [0.2, 0.25) is 0 Å². The maximum absolute atomic E-state index is 11.5. The highest BCUT2D eigenvalue weighted by molar-refractivity contribution is 7.91. The van der Waals surface area contributed by atoms with Crippen molar-refractivity contribution in [3.63, 3.8) is 0 Å². The van der Waals surface area contributed by atoms with Gasteiger partial charge in [-0.1, -0.05) is 12.1 Å². The Bertz CT molecular complexity index is 498. The molecule has 17 heavy (non-hydrogen) atoms. The molecule has 1 fully saturated rings. The van der Waals surface area contributed by atoms with Crippen LogP contribution in [0.3, 0.4) is 0 Å². The molecule has 2 atom stereocenters. The van der Waals surface area contributed by atoms with Gasteiger partial charge in [0.05, 0.1) is 18.6 Å². The van der Waals surface area contributed by atoms with Crippen LogP contribution in [0.15, 0.2) is 24.3 Å². The van der Waals surface area contributed by atoms with Crippen LogP contribution in [0.5, 0.6) is 5.75 Å². The highest BCUT2D eigenvalue weighted by atomic mass is 32.2. The van der Waals surface area contributed by atoms with Crippen molar-refractivity contribution in [1.29, 1.82) is 0 Å². The van der Waals surface area contributed by atoms with E-state index in [1.54, 1.807) is 7.11 Å². The Morgan fingerprint density at radius 2 is 2.18 bits per heavy atom. The Kier molecular flexibility index (Phi) is 3.40. The lowest BCUT2D eigenvalue weighted by atomic mass is 9.90. The summed E-state index contributed by atoms with van der Waals surface area (Å²) < 4.78 is 28.1. The molecule has 1 aliphatic rings. The molecule has 0 amide bonds. The molecule has 0 aromatic heterocycles. The minimum absolute atomic E-state index is 0.0783. The van der Waals surface area contributed by atoms with Crippen LogP contribution in [-0.2, 0) is 9.84 Å². The lowest BCUT2D eigenvalue weighted by Gasteiger charge is -2.29. The summed E-state index contributed by atoms with van der Waals surface area (Å²) in [5.41, 5.74) is 7.02. The van der Waals surface area contributed by atoms with Gasteiger partial charge in [0.1, 0.15) is 5.75 Å². The van der Waals surface area contributed by atoms with Crippen LogP contribution in [0.1, 0.15) is 17.9 Å². The van der Waals surface area contributed by atoms with Gasteiger partial charge in [-0.2, -0.15) is 0 Å². The van der Waals surface area contributed by atoms with E-state index in [2.05, 4.69) is 0 Å². The average molecular weight is 255 g/mol. The standard InChI is InChI=1S/C12H17NO3S/c1-16-10-4-2-3-9(7-10)11-5-6-17(14,15)8-12(11)13/h2-4,7,11-12H,5-6,8,13H2,1H3. The predicted octanol–water partition coefficient (Wildman–Crippen LogP) is 0.925. The molecule has 0 spiro atoms. The summed E-state index contributed by atoms with van der Waals surface area (Å²) >= 11 is 0. The quantitative estimate of drug-likeness (QED) is 0.853. The number of ether oxygens (including phenoxy) is 1. The summed E-state index contributed by atoms with van der Waals surface area (Å²) in [6.45, 7) is 0. The SMILES string of the molecule is COc1cccc(C2CCS(=O)(=O)CC2N)c1. The maximum atomic E-state index is 11.5. The Balaban J connectivity index is 2.23. The normalized spacial score (nSPS) is 27.6. The second-order valence-electron chi connectivity index (χ2n) is 4.45. The molecule has 0 saturated carbocycles. The van der Waals surface area contributed by atoms with Crippen LogP contribution in [0.4, 0.5) is 0 Å². The number of rotatable bonds is 2. The van der Waals surface area contributed by atoms with E-state index in [1.165, 1.54) is 0 Å². The second-order valence-corrected chi connectivity index (χ2v) is 6.68. The Morgan fingerprint density at radius 1 is 1.41 bits per heavy atom. The molecule has 2 rings (SSSR count). The van der Waals surface area contributed by atoms with Gasteiger partial charge in [0, 0.05) is 12.0 Å². The number of nitrogens with two attached hydrogens (primary N) is 1. The van der Waals surface area contributed by atoms with Crippen molar-refractivity contribution in [1.82, 2.24) is 0 Å². The molecule has 1 aliphatic heterocycles. The van der Waals surface area contributed by atoms with Crippen LogP contribution < -0.4 is 10.5 Å². The van der Waals surface area contributed by atoms with Crippen LogP contribution in [0, 0.1) is 0 Å². The number of methoxy groups -OCH3 is 1. The van der Waals surface area contributed by atoms with E-state index >= 15 is 0 Å². The smallest absolute Gasteiger partial charge is 0.151 e. The summed E-state index contributed by atoms with van der Waals surface area (Å²) in [6, 6.07) is 7.37. The minimum atomic E-state index is -2.94. The van der Waals surface area contributed by atoms with Crippen molar-refractivity contribution in [3.8, 4) is 5.75 Å². The molecule has 1 heterocycles. The van der Waals surface area contributed by atoms with Crippen molar-refractivity contribution < 1.29 is 13.2 Å². The average Bonchev–Trinajstić information content (AvgIpc) is 2.28. The number of hydrogen-bond donors (Lipinski definition) is 1. The zero-order chi connectivity index (χ0) is 12.5. The molecule has 1 aromatic carbocycles. The number of sulfone groups is 1. The zero-order valence-corrected chi connectivity index (χ0v) is 10.6. The van der Waals surface area contributed by atoms with E-state index in [9.17, 15) is 8.42 Å². The van der Waals surface area contributed by atoms with Gasteiger partial charge in [0.15, 0.2) is 9.84 Å². The van der Waals surface area contributed by atoms with Crippen LogP contribution in [0.25, 0.3) is 0 Å². The summed E-state index contributed by atoms with van der Waals surface area (Å²) in [6.07, 6.45) is 0.594. The molecule has 4 nitrogen and oxygen atoms in total. The largest absolute Gasteiger partial charge is 0.497 e. The minimum Gasteiger partial charge on any atom is -0.497 e. The van der Waals surface area contributed by atoms with Crippen molar-refractivity contribution in [2.75, 3.05) is 18.6 Å². The first-order valence-corrected chi connectivity index (χ1v) is 7.44. The third kappa shape index (κ3) is 2.79. The van der Waals surface area contributed by atoms with Gasteiger partial charge in [-0.3, -0.25) is 0 Å². The highest BCUT2D eigenvalue weighted by Gasteiger charge is 2.31. The lowest BCUT2D eigenvalue weighted by molar-refractivity contribution is 0.413. The van der Waals surface area contributed by atoms with Crippen LogP contribution >= 0.6 is 0 Å². The van der Waals surface area contributed by atoms with Crippen molar-refractivity contribution in [2.45, 2.75) is 18.4 Å². The van der Waals surface area contributed by atoms with Crippen molar-refractivity contribution in [2.24, 2.45) is 5.73 Å². The molecule has 0 aliphatic carbocycles. The van der Waals surface area contributed by atoms with Crippen molar-refractivity contribution >= 4 is 9.84 Å². The van der Waals surface area contributed by atoms with E-state index in [0.29, 0.717) is 6.42 Å². The third-order valence-electron chi connectivity index (χ3n) is 3.23. The summed E-state index contributed by atoms with van der Waals surface area (Å²) in [4.78, 5) is 0. The zero-order valence-electron chi connectivity index (χ0n) is 9.80. The molecule has 1 aromatic rings. The second kappa shape index (κ2) is 4.66. The summed E-state index contributed by atoms with van der Waals surface area (Å²) in [5.74, 6) is 1.19. The predicted molar refractivity (Wildman–Crippen MR) is 67.0 cm³/mol.